The first-order valence-corrected chi connectivity index (χ1v) is 6.30. The molecule has 0 aliphatic rings. The smallest absolute Gasteiger partial charge is 1.00 e. The molecule has 0 saturated carbocycles. The van der Waals surface area contributed by atoms with Gasteiger partial charge in [-0.15, -0.1) is 0 Å². The van der Waals surface area contributed by atoms with Gasteiger partial charge in [-0.25, -0.2) is 8.78 Å². The van der Waals surface area contributed by atoms with Crippen molar-refractivity contribution in [1.82, 2.24) is 0 Å². The second-order valence-corrected chi connectivity index (χ2v) is 5.05. The Labute approximate surface area is 150 Å². The Hall–Kier alpha value is -1.27. The first-order valence-electron chi connectivity index (χ1n) is 6.30. The number of carbonyl (C=O) groups is 1. The van der Waals surface area contributed by atoms with Gasteiger partial charge in [0.2, 0.25) is 0 Å². The third kappa shape index (κ3) is 4.36. The summed E-state index contributed by atoms with van der Waals surface area (Å²) in [5, 5.41) is 18.9. The number of carboxylic acid groups (broad SMARTS) is 1. The number of carboxylic acids is 1. The van der Waals surface area contributed by atoms with Crippen LogP contribution in [0.25, 0.3) is 11.1 Å². The number of aliphatic carboxylic acids is 1. The van der Waals surface area contributed by atoms with Crippen molar-refractivity contribution in [2.24, 2.45) is 0 Å². The molecule has 0 aliphatic heterocycles. The Morgan fingerprint density at radius 3 is 2.27 bits per heavy atom. The van der Waals surface area contributed by atoms with Gasteiger partial charge in [0.1, 0.15) is 11.6 Å². The van der Waals surface area contributed by atoms with Crippen LogP contribution in [0.4, 0.5) is 8.78 Å². The van der Waals surface area contributed by atoms with E-state index in [0.717, 1.165) is 12.1 Å². The maximum absolute atomic E-state index is 13.7. The fourth-order valence-electron chi connectivity index (χ4n) is 2.13. The maximum atomic E-state index is 13.7. The average molecular weight is 316 g/mol. The summed E-state index contributed by atoms with van der Waals surface area (Å²) < 4.78 is 26.6. The molecule has 112 valence electrons. The van der Waals surface area contributed by atoms with Gasteiger partial charge in [-0.3, -0.25) is 4.79 Å². The fourth-order valence-corrected chi connectivity index (χ4v) is 2.13. The molecule has 6 heteroatoms. The molecule has 3 nitrogen and oxygen atoms in total. The predicted molar refractivity (Wildman–Crippen MR) is 74.7 cm³/mol. The summed E-state index contributed by atoms with van der Waals surface area (Å²) in [6.07, 6.45) is -0.433. The number of rotatable bonds is 4. The molecule has 0 spiro atoms. The quantitative estimate of drug-likeness (QED) is 0.805. The topological polar surface area (TPSA) is 57.5 Å². The van der Waals surface area contributed by atoms with Crippen molar-refractivity contribution in [2.75, 3.05) is 0 Å². The molecule has 2 aromatic rings. The van der Waals surface area contributed by atoms with Crippen LogP contribution < -0.4 is 29.6 Å². The zero-order chi connectivity index (χ0) is 15.6. The zero-order valence-corrected chi connectivity index (χ0v) is 14.3. The Bertz CT molecular complexity index is 676. The van der Waals surface area contributed by atoms with Gasteiger partial charge in [-0.05, 0) is 30.2 Å². The van der Waals surface area contributed by atoms with Crippen LogP contribution in [0, 0.1) is 11.6 Å². The standard InChI is InChI=1S/C16H14F2O3.Na.H/c1-16(21,9-15(19)20)11-4-2-10(3-5-11)13-7-6-12(17)8-14(13)18;;/h2-8,21H,9H2,1H3,(H,19,20);;/q;+1;-1. The molecule has 2 rings (SSSR count). The van der Waals surface area contributed by atoms with Gasteiger partial charge in [0.05, 0.1) is 12.0 Å². The van der Waals surface area contributed by atoms with Gasteiger partial charge in [-0.2, -0.15) is 0 Å². The fraction of sp³-hybridized carbons (Fsp3) is 0.188. The predicted octanol–water partition coefficient (Wildman–Crippen LogP) is 0.431. The zero-order valence-electron chi connectivity index (χ0n) is 13.3. The van der Waals surface area contributed by atoms with Gasteiger partial charge < -0.3 is 11.6 Å². The molecule has 0 aromatic heterocycles. The molecule has 0 fully saturated rings. The van der Waals surface area contributed by atoms with Crippen molar-refractivity contribution in [3.63, 3.8) is 0 Å². The van der Waals surface area contributed by atoms with E-state index in [1.54, 1.807) is 12.1 Å². The van der Waals surface area contributed by atoms with Crippen molar-refractivity contribution in [3.05, 3.63) is 59.7 Å². The summed E-state index contributed by atoms with van der Waals surface area (Å²) in [7, 11) is 0. The second-order valence-electron chi connectivity index (χ2n) is 5.05. The van der Waals surface area contributed by atoms with Gasteiger partial charge in [0.25, 0.3) is 0 Å². The van der Waals surface area contributed by atoms with E-state index in [0.29, 0.717) is 11.1 Å². The molecule has 0 amide bonds. The van der Waals surface area contributed by atoms with Gasteiger partial charge in [0.15, 0.2) is 0 Å². The summed E-state index contributed by atoms with van der Waals surface area (Å²) in [5.74, 6) is -2.45. The first-order chi connectivity index (χ1) is 9.79. The summed E-state index contributed by atoms with van der Waals surface area (Å²) >= 11 is 0. The Kier molecular flexibility index (Phi) is 6.26. The van der Waals surface area contributed by atoms with E-state index in [4.69, 9.17) is 5.11 Å². The number of hydrogen-bond donors (Lipinski definition) is 2. The second kappa shape index (κ2) is 7.33. The molecular formula is C16H15F2NaO3. The molecule has 2 N–H and O–H groups in total. The normalized spacial score (nSPS) is 13.1. The van der Waals surface area contributed by atoms with E-state index >= 15 is 0 Å². The molecule has 1 unspecified atom stereocenters. The van der Waals surface area contributed by atoms with E-state index < -0.39 is 29.6 Å². The van der Waals surface area contributed by atoms with Crippen molar-refractivity contribution in [1.29, 1.82) is 0 Å². The Morgan fingerprint density at radius 2 is 1.77 bits per heavy atom. The summed E-state index contributed by atoms with van der Waals surface area (Å²) in [6.45, 7) is 1.40. The molecule has 22 heavy (non-hydrogen) atoms. The molecule has 0 heterocycles. The molecule has 0 bridgehead atoms. The largest absolute Gasteiger partial charge is 1.00 e. The van der Waals surface area contributed by atoms with Crippen LogP contribution >= 0.6 is 0 Å². The van der Waals surface area contributed by atoms with Crippen molar-refractivity contribution in [3.8, 4) is 11.1 Å². The van der Waals surface area contributed by atoms with E-state index in [9.17, 15) is 18.7 Å². The molecule has 0 saturated heterocycles. The minimum absolute atomic E-state index is 0. The summed E-state index contributed by atoms with van der Waals surface area (Å²) in [4.78, 5) is 10.7. The van der Waals surface area contributed by atoms with Crippen molar-refractivity contribution < 1.29 is 54.8 Å². The van der Waals surface area contributed by atoms with E-state index in [-0.39, 0.29) is 36.5 Å². The summed E-state index contributed by atoms with van der Waals surface area (Å²) in [5.41, 5.74) is -0.342. The van der Waals surface area contributed by atoms with Gasteiger partial charge in [-0.1, -0.05) is 24.3 Å². The number of benzene rings is 2. The number of aliphatic hydroxyl groups is 1. The minimum Gasteiger partial charge on any atom is -1.00 e. The van der Waals surface area contributed by atoms with Gasteiger partial charge >= 0.3 is 35.5 Å². The monoisotopic (exact) mass is 316 g/mol. The van der Waals surface area contributed by atoms with Crippen molar-refractivity contribution >= 4 is 5.97 Å². The maximum Gasteiger partial charge on any atom is 1.00 e. The van der Waals surface area contributed by atoms with Gasteiger partial charge in [0, 0.05) is 11.6 Å². The average Bonchev–Trinajstić information content (AvgIpc) is 2.37. The van der Waals surface area contributed by atoms with Crippen LogP contribution in [0.3, 0.4) is 0 Å². The molecule has 0 radical (unpaired) electrons. The third-order valence-electron chi connectivity index (χ3n) is 3.24. The van der Waals surface area contributed by atoms with Crippen LogP contribution in [-0.2, 0) is 10.4 Å². The minimum atomic E-state index is -1.51. The molecule has 0 aliphatic carbocycles. The van der Waals surface area contributed by atoms with E-state index in [2.05, 4.69) is 0 Å². The molecule has 1 atom stereocenters. The molecule has 2 aromatic carbocycles. The SMILES string of the molecule is CC(O)(CC(=O)O)c1ccc(-c2ccc(F)cc2F)cc1.[H-].[Na+]. The first kappa shape index (κ1) is 18.8. The van der Waals surface area contributed by atoms with Crippen LogP contribution in [0.1, 0.15) is 20.3 Å². The van der Waals surface area contributed by atoms with Crippen LogP contribution in [0.2, 0.25) is 0 Å². The van der Waals surface area contributed by atoms with Crippen LogP contribution in [-0.4, -0.2) is 16.2 Å². The van der Waals surface area contributed by atoms with E-state index in [1.807, 2.05) is 0 Å². The van der Waals surface area contributed by atoms with Crippen LogP contribution in [0.15, 0.2) is 42.5 Å². The Morgan fingerprint density at radius 1 is 1.18 bits per heavy atom. The Balaban J connectivity index is 0.00000242. The third-order valence-corrected chi connectivity index (χ3v) is 3.24. The number of hydrogen-bond acceptors (Lipinski definition) is 2. The van der Waals surface area contributed by atoms with E-state index in [1.165, 1.54) is 25.1 Å². The molecular weight excluding hydrogens is 301 g/mol. The van der Waals surface area contributed by atoms with Crippen LogP contribution in [0.5, 0.6) is 0 Å². The number of halogens is 2. The van der Waals surface area contributed by atoms with Crippen molar-refractivity contribution in [2.45, 2.75) is 18.9 Å². The summed E-state index contributed by atoms with van der Waals surface area (Å²) in [6, 6.07) is 9.46.